The van der Waals surface area contributed by atoms with Gasteiger partial charge in [0.15, 0.2) is 0 Å². The van der Waals surface area contributed by atoms with E-state index in [-0.39, 0.29) is 0 Å². The van der Waals surface area contributed by atoms with Crippen LogP contribution in [0.1, 0.15) is 41.0 Å². The summed E-state index contributed by atoms with van der Waals surface area (Å²) in [4.78, 5) is 0. The van der Waals surface area contributed by atoms with E-state index in [1.807, 2.05) is 40.0 Å². The van der Waals surface area contributed by atoms with E-state index in [0.717, 1.165) is 24.1 Å². The van der Waals surface area contributed by atoms with Crippen LogP contribution >= 0.6 is 0 Å². The highest BCUT2D eigenvalue weighted by Gasteiger charge is 1.91. The first-order valence-corrected chi connectivity index (χ1v) is 7.61. The molecule has 0 heterocycles. The molecule has 122 valence electrons. The first kappa shape index (κ1) is 27.7. The number of hydrogen-bond donors (Lipinski definition) is 1. The summed E-state index contributed by atoms with van der Waals surface area (Å²) in [6.07, 6.45) is 12.3. The Hall–Kier alpha value is -1.60. The van der Waals surface area contributed by atoms with Crippen molar-refractivity contribution in [1.29, 1.82) is 0 Å². The molecule has 0 atom stereocenters. The Morgan fingerprint density at radius 1 is 1.10 bits per heavy atom. The van der Waals surface area contributed by atoms with Crippen LogP contribution in [0.4, 0.5) is 0 Å². The summed E-state index contributed by atoms with van der Waals surface area (Å²) < 4.78 is 0. The van der Waals surface area contributed by atoms with Crippen LogP contribution in [0.2, 0.25) is 0 Å². The Morgan fingerprint density at radius 3 is 1.76 bits per heavy atom. The van der Waals surface area contributed by atoms with Gasteiger partial charge in [0.25, 0.3) is 0 Å². The van der Waals surface area contributed by atoms with Crippen molar-refractivity contribution in [2.45, 2.75) is 41.0 Å². The Labute approximate surface area is 134 Å². The SMILES string of the molecule is C=C/C=C(\C=C/CC)C(=C)C=C.C=CC.CC.CCNC. The van der Waals surface area contributed by atoms with Gasteiger partial charge in [-0.2, -0.15) is 0 Å². The smallest absolute Gasteiger partial charge is 0.00804 e. The van der Waals surface area contributed by atoms with E-state index in [1.54, 1.807) is 18.2 Å². The van der Waals surface area contributed by atoms with Gasteiger partial charge in [-0.05, 0) is 38.1 Å². The van der Waals surface area contributed by atoms with E-state index < -0.39 is 0 Å². The van der Waals surface area contributed by atoms with Gasteiger partial charge in [-0.15, -0.1) is 6.58 Å². The number of rotatable bonds is 6. The predicted octanol–water partition coefficient (Wildman–Crippen LogP) is 6.25. The van der Waals surface area contributed by atoms with Gasteiger partial charge >= 0.3 is 0 Å². The van der Waals surface area contributed by atoms with Crippen LogP contribution in [0.15, 0.2) is 73.9 Å². The lowest BCUT2D eigenvalue weighted by molar-refractivity contribution is 0.864. The van der Waals surface area contributed by atoms with Gasteiger partial charge in [0.05, 0.1) is 0 Å². The van der Waals surface area contributed by atoms with E-state index in [4.69, 9.17) is 0 Å². The van der Waals surface area contributed by atoms with Gasteiger partial charge in [0.1, 0.15) is 0 Å². The molecule has 0 saturated carbocycles. The standard InChI is InChI=1S/C12H16.C3H9N.C3H6.C2H6/c1-5-8-10-12(9-6-2)11(4)7-3;1-3-4-2;1-3-2;1-2/h6-10H,2-5H2,1H3;4H,3H2,1-2H3;3H,1H2,2H3;1-2H3/b10-8-,12-9+;;;. The summed E-state index contributed by atoms with van der Waals surface area (Å²) in [5.74, 6) is 0. The molecular formula is C20H37N. The van der Waals surface area contributed by atoms with Crippen molar-refractivity contribution in [3.63, 3.8) is 0 Å². The molecule has 0 aromatic carbocycles. The van der Waals surface area contributed by atoms with Crippen molar-refractivity contribution < 1.29 is 0 Å². The zero-order chi connectivity index (χ0) is 17.5. The Balaban J connectivity index is -0.000000133. The second-order valence-corrected chi connectivity index (χ2v) is 3.51. The maximum atomic E-state index is 3.86. The third-order valence-corrected chi connectivity index (χ3v) is 1.80. The summed E-state index contributed by atoms with van der Waals surface area (Å²) in [6, 6.07) is 0. The molecule has 0 aromatic rings. The molecule has 0 unspecified atom stereocenters. The molecule has 0 aliphatic rings. The van der Waals surface area contributed by atoms with Crippen molar-refractivity contribution in [2.24, 2.45) is 0 Å². The minimum absolute atomic E-state index is 0.930. The first-order chi connectivity index (χ1) is 10.1. The summed E-state index contributed by atoms with van der Waals surface area (Å²) in [7, 11) is 1.93. The summed E-state index contributed by atoms with van der Waals surface area (Å²) in [6.45, 7) is 25.6. The maximum absolute atomic E-state index is 3.86. The fourth-order valence-electron chi connectivity index (χ4n) is 0.759. The average Bonchev–Trinajstić information content (AvgIpc) is 2.53. The topological polar surface area (TPSA) is 12.0 Å². The highest BCUT2D eigenvalue weighted by atomic mass is 14.8. The molecule has 0 spiro atoms. The van der Waals surface area contributed by atoms with Crippen molar-refractivity contribution in [1.82, 2.24) is 5.32 Å². The lowest BCUT2D eigenvalue weighted by atomic mass is 10.1. The molecule has 0 aliphatic heterocycles. The number of hydrogen-bond acceptors (Lipinski definition) is 1. The van der Waals surface area contributed by atoms with E-state index in [9.17, 15) is 0 Å². The summed E-state index contributed by atoms with van der Waals surface area (Å²) in [5, 5.41) is 2.93. The quantitative estimate of drug-likeness (QED) is 0.450. The lowest BCUT2D eigenvalue weighted by Crippen LogP contribution is -2.01. The van der Waals surface area contributed by atoms with Crippen LogP contribution in [0.5, 0.6) is 0 Å². The van der Waals surface area contributed by atoms with Gasteiger partial charge in [-0.3, -0.25) is 0 Å². The van der Waals surface area contributed by atoms with Crippen molar-refractivity contribution in [3.8, 4) is 0 Å². The number of allylic oxidation sites excluding steroid dienone is 8. The zero-order valence-corrected chi connectivity index (χ0v) is 15.2. The molecule has 0 aliphatic carbocycles. The first-order valence-electron chi connectivity index (χ1n) is 7.61. The van der Waals surface area contributed by atoms with Crippen LogP contribution in [0, 0.1) is 0 Å². The summed E-state index contributed by atoms with van der Waals surface area (Å²) >= 11 is 0. The van der Waals surface area contributed by atoms with E-state index in [2.05, 4.69) is 51.6 Å². The third-order valence-electron chi connectivity index (χ3n) is 1.80. The van der Waals surface area contributed by atoms with Crippen molar-refractivity contribution in [2.75, 3.05) is 13.6 Å². The van der Waals surface area contributed by atoms with Crippen LogP contribution in [-0.4, -0.2) is 13.6 Å². The Bertz CT molecular complexity index is 291. The largest absolute Gasteiger partial charge is 0.320 e. The van der Waals surface area contributed by atoms with Crippen LogP contribution in [0.25, 0.3) is 0 Å². The van der Waals surface area contributed by atoms with Crippen LogP contribution in [0.3, 0.4) is 0 Å². The molecule has 0 radical (unpaired) electrons. The maximum Gasteiger partial charge on any atom is -0.00804 e. The molecule has 1 N–H and O–H groups in total. The van der Waals surface area contributed by atoms with E-state index >= 15 is 0 Å². The van der Waals surface area contributed by atoms with Gasteiger partial charge < -0.3 is 5.32 Å². The molecule has 0 fully saturated rings. The molecule has 0 aromatic heterocycles. The molecular weight excluding hydrogens is 254 g/mol. The molecule has 0 rings (SSSR count). The minimum Gasteiger partial charge on any atom is -0.320 e. The second-order valence-electron chi connectivity index (χ2n) is 3.51. The molecule has 0 amide bonds. The third kappa shape index (κ3) is 32.2. The second kappa shape index (κ2) is 31.0. The van der Waals surface area contributed by atoms with Crippen LogP contribution < -0.4 is 5.32 Å². The fraction of sp³-hybridized carbons (Fsp3) is 0.400. The lowest BCUT2D eigenvalue weighted by Gasteiger charge is -1.98. The Morgan fingerprint density at radius 2 is 1.52 bits per heavy atom. The predicted molar refractivity (Wildman–Crippen MR) is 104 cm³/mol. The minimum atomic E-state index is 0.930. The van der Waals surface area contributed by atoms with Gasteiger partial charge in [0, 0.05) is 0 Å². The van der Waals surface area contributed by atoms with E-state index in [0.29, 0.717) is 0 Å². The fourth-order valence-corrected chi connectivity index (χ4v) is 0.759. The molecule has 0 bridgehead atoms. The number of nitrogens with one attached hydrogen (secondary N) is 1. The zero-order valence-electron chi connectivity index (χ0n) is 15.2. The normalized spacial score (nSPS) is 8.95. The molecule has 1 heteroatoms. The van der Waals surface area contributed by atoms with Crippen molar-refractivity contribution in [3.05, 3.63) is 73.9 Å². The monoisotopic (exact) mass is 291 g/mol. The average molecular weight is 292 g/mol. The Kier molecular flexibility index (Phi) is 40.9. The van der Waals surface area contributed by atoms with Gasteiger partial charge in [-0.25, -0.2) is 0 Å². The van der Waals surface area contributed by atoms with E-state index in [1.165, 1.54) is 0 Å². The van der Waals surface area contributed by atoms with Gasteiger partial charge in [-0.1, -0.05) is 83.9 Å². The van der Waals surface area contributed by atoms with Crippen molar-refractivity contribution >= 4 is 0 Å². The molecule has 1 nitrogen and oxygen atoms in total. The summed E-state index contributed by atoms with van der Waals surface area (Å²) in [5.41, 5.74) is 2.00. The van der Waals surface area contributed by atoms with Crippen LogP contribution in [-0.2, 0) is 0 Å². The highest BCUT2D eigenvalue weighted by Crippen LogP contribution is 2.10. The van der Waals surface area contributed by atoms with Gasteiger partial charge in [0.2, 0.25) is 0 Å². The molecule has 21 heavy (non-hydrogen) atoms. The molecule has 0 saturated heterocycles. The highest BCUT2D eigenvalue weighted by molar-refractivity contribution is 5.45.